The van der Waals surface area contributed by atoms with Crippen molar-refractivity contribution in [2.75, 3.05) is 6.61 Å². The maximum atomic E-state index is 13.7. The average Bonchev–Trinajstić information content (AvgIpc) is 2.67. The molecule has 0 aliphatic heterocycles. The number of halogens is 5. The van der Waals surface area contributed by atoms with Gasteiger partial charge in [0.15, 0.2) is 23.3 Å². The molecular weight excluding hydrogens is 399 g/mol. The van der Waals surface area contributed by atoms with Crippen LogP contribution in [0.5, 0.6) is 0 Å². The lowest BCUT2D eigenvalue weighted by Crippen LogP contribution is -2.15. The van der Waals surface area contributed by atoms with Gasteiger partial charge in [0, 0.05) is 12.8 Å². The van der Waals surface area contributed by atoms with Crippen LogP contribution in [0.15, 0.2) is 0 Å². The van der Waals surface area contributed by atoms with Crippen molar-refractivity contribution < 1.29 is 41.0 Å². The minimum absolute atomic E-state index is 0.0391. The first-order valence-electron chi connectivity index (χ1n) is 9.57. The van der Waals surface area contributed by atoms with Crippen LogP contribution in [-0.4, -0.2) is 18.5 Å². The van der Waals surface area contributed by atoms with Crippen LogP contribution in [0, 0.1) is 29.1 Å². The predicted octanol–water partition coefficient (Wildman–Crippen LogP) is 5.67. The van der Waals surface area contributed by atoms with Crippen LogP contribution in [-0.2, 0) is 19.1 Å². The topological polar surface area (TPSA) is 52.6 Å². The monoisotopic (exact) mass is 424 g/mol. The van der Waals surface area contributed by atoms with E-state index in [4.69, 9.17) is 9.47 Å². The molecule has 29 heavy (non-hydrogen) atoms. The summed E-state index contributed by atoms with van der Waals surface area (Å²) in [5.41, 5.74) is -1.17. The summed E-state index contributed by atoms with van der Waals surface area (Å²) in [5, 5.41) is 0. The Morgan fingerprint density at radius 2 is 1.14 bits per heavy atom. The zero-order valence-electron chi connectivity index (χ0n) is 16.5. The van der Waals surface area contributed by atoms with Crippen molar-refractivity contribution >= 4 is 11.9 Å². The van der Waals surface area contributed by atoms with E-state index in [2.05, 4.69) is 0 Å². The molecule has 0 fully saturated rings. The summed E-state index contributed by atoms with van der Waals surface area (Å²) in [6.07, 6.45) is 3.14. The van der Waals surface area contributed by atoms with E-state index in [1.807, 2.05) is 0 Å². The van der Waals surface area contributed by atoms with E-state index in [1.165, 1.54) is 0 Å². The van der Waals surface area contributed by atoms with E-state index in [-0.39, 0.29) is 12.4 Å². The molecule has 1 atom stereocenters. The summed E-state index contributed by atoms with van der Waals surface area (Å²) in [6.45, 7) is 3.14. The van der Waals surface area contributed by atoms with E-state index in [9.17, 15) is 31.5 Å². The number of rotatable bonds is 12. The first-order chi connectivity index (χ1) is 13.7. The predicted molar refractivity (Wildman–Crippen MR) is 94.3 cm³/mol. The highest BCUT2D eigenvalue weighted by atomic mass is 19.2. The van der Waals surface area contributed by atoms with Crippen molar-refractivity contribution in [3.8, 4) is 0 Å². The number of ether oxygens (including phenoxy) is 2. The van der Waals surface area contributed by atoms with Gasteiger partial charge >= 0.3 is 11.9 Å². The van der Waals surface area contributed by atoms with Crippen molar-refractivity contribution in [3.63, 3.8) is 0 Å². The number of unbranched alkanes of at least 4 members (excludes halogenated alkanes) is 5. The third kappa shape index (κ3) is 7.62. The van der Waals surface area contributed by atoms with Gasteiger partial charge in [-0.3, -0.25) is 9.59 Å². The highest BCUT2D eigenvalue weighted by Crippen LogP contribution is 2.29. The lowest BCUT2D eigenvalue weighted by molar-refractivity contribution is -0.149. The molecule has 0 heterocycles. The Morgan fingerprint density at radius 1 is 0.724 bits per heavy atom. The normalized spacial score (nSPS) is 12.0. The molecule has 1 aromatic carbocycles. The molecule has 0 aliphatic carbocycles. The summed E-state index contributed by atoms with van der Waals surface area (Å²) in [5.74, 6) is -11.4. The second-order valence-electron chi connectivity index (χ2n) is 6.54. The van der Waals surface area contributed by atoms with Crippen LogP contribution in [0.1, 0.15) is 76.9 Å². The largest absolute Gasteiger partial charge is 0.466 e. The van der Waals surface area contributed by atoms with Gasteiger partial charge in [-0.05, 0) is 26.7 Å². The molecule has 4 nitrogen and oxygen atoms in total. The second-order valence-corrected chi connectivity index (χ2v) is 6.54. The Morgan fingerprint density at radius 3 is 1.62 bits per heavy atom. The number of benzene rings is 1. The average molecular weight is 424 g/mol. The molecule has 0 bridgehead atoms. The second kappa shape index (κ2) is 12.4. The molecule has 1 aromatic rings. The molecule has 0 aromatic heterocycles. The molecule has 1 unspecified atom stereocenters. The van der Waals surface area contributed by atoms with E-state index < -0.39 is 46.7 Å². The smallest absolute Gasteiger partial charge is 0.306 e. The van der Waals surface area contributed by atoms with Gasteiger partial charge < -0.3 is 9.47 Å². The first kappa shape index (κ1) is 24.8. The summed E-state index contributed by atoms with van der Waals surface area (Å²) >= 11 is 0. The van der Waals surface area contributed by atoms with E-state index in [1.54, 1.807) is 6.92 Å². The molecule has 0 radical (unpaired) electrons. The maximum Gasteiger partial charge on any atom is 0.306 e. The fraction of sp³-hybridized carbons (Fsp3) is 0.600. The Labute approximate surface area is 166 Å². The van der Waals surface area contributed by atoms with Crippen molar-refractivity contribution in [2.45, 2.75) is 71.3 Å². The van der Waals surface area contributed by atoms with E-state index in [0.29, 0.717) is 25.9 Å². The third-order valence-corrected chi connectivity index (χ3v) is 4.28. The van der Waals surface area contributed by atoms with Gasteiger partial charge in [0.1, 0.15) is 6.10 Å². The highest BCUT2D eigenvalue weighted by Gasteiger charge is 2.30. The molecule has 0 aliphatic rings. The zero-order valence-corrected chi connectivity index (χ0v) is 16.5. The molecule has 0 spiro atoms. The molecule has 9 heteroatoms. The molecule has 164 valence electrons. The Bertz CT molecular complexity index is 680. The van der Waals surface area contributed by atoms with E-state index >= 15 is 0 Å². The molecule has 0 N–H and O–H groups in total. The zero-order chi connectivity index (χ0) is 22.0. The van der Waals surface area contributed by atoms with Crippen molar-refractivity contribution in [3.05, 3.63) is 34.6 Å². The van der Waals surface area contributed by atoms with Crippen LogP contribution in [0.25, 0.3) is 0 Å². The number of hydrogen-bond donors (Lipinski definition) is 0. The van der Waals surface area contributed by atoms with Crippen LogP contribution in [0.4, 0.5) is 22.0 Å². The molecule has 0 saturated carbocycles. The van der Waals surface area contributed by atoms with E-state index in [0.717, 1.165) is 32.6 Å². The fourth-order valence-corrected chi connectivity index (χ4v) is 2.77. The summed E-state index contributed by atoms with van der Waals surface area (Å²) in [4.78, 5) is 22.9. The minimum Gasteiger partial charge on any atom is -0.466 e. The number of carbonyl (C=O) groups is 2. The Kier molecular flexibility index (Phi) is 10.6. The number of carbonyl (C=O) groups excluding carboxylic acids is 2. The Balaban J connectivity index is 2.33. The lowest BCUT2D eigenvalue weighted by Gasteiger charge is -2.16. The standard InChI is InChI=1S/C20H25F5O4/c1-3-28-13(26)10-8-6-4-5-7-9-11-14(27)29-12(2)15-16(21)18(23)20(25)19(24)17(15)22/h12H,3-11H2,1-2H3. The van der Waals surface area contributed by atoms with Gasteiger partial charge in [-0.2, -0.15) is 0 Å². The maximum absolute atomic E-state index is 13.7. The molecule has 0 amide bonds. The summed E-state index contributed by atoms with van der Waals surface area (Å²) in [7, 11) is 0. The van der Waals surface area contributed by atoms with Gasteiger partial charge in [0.2, 0.25) is 5.82 Å². The quantitative estimate of drug-likeness (QED) is 0.143. The summed E-state index contributed by atoms with van der Waals surface area (Å²) < 4.78 is 76.6. The minimum atomic E-state index is -2.26. The lowest BCUT2D eigenvalue weighted by atomic mass is 10.1. The van der Waals surface area contributed by atoms with Crippen molar-refractivity contribution in [1.29, 1.82) is 0 Å². The van der Waals surface area contributed by atoms with Gasteiger partial charge in [-0.1, -0.05) is 25.7 Å². The van der Waals surface area contributed by atoms with Crippen molar-refractivity contribution in [1.82, 2.24) is 0 Å². The highest BCUT2D eigenvalue weighted by molar-refractivity contribution is 5.69. The van der Waals surface area contributed by atoms with Crippen LogP contribution >= 0.6 is 0 Å². The fourth-order valence-electron chi connectivity index (χ4n) is 2.77. The van der Waals surface area contributed by atoms with Gasteiger partial charge in [0.05, 0.1) is 12.2 Å². The van der Waals surface area contributed by atoms with Crippen molar-refractivity contribution in [2.24, 2.45) is 0 Å². The Hall–Kier alpha value is -2.19. The van der Waals surface area contributed by atoms with Gasteiger partial charge in [-0.25, -0.2) is 22.0 Å². The number of esters is 2. The SMILES string of the molecule is CCOC(=O)CCCCCCCCC(=O)OC(C)c1c(F)c(F)c(F)c(F)c1F. The van der Waals surface area contributed by atoms with Crippen LogP contribution in [0.3, 0.4) is 0 Å². The van der Waals surface area contributed by atoms with Gasteiger partial charge in [0.25, 0.3) is 0 Å². The van der Waals surface area contributed by atoms with Crippen LogP contribution in [0.2, 0.25) is 0 Å². The summed E-state index contributed by atoms with van der Waals surface area (Å²) in [6, 6.07) is 0. The molecule has 1 rings (SSSR count). The molecule has 0 saturated heterocycles. The third-order valence-electron chi connectivity index (χ3n) is 4.28. The number of hydrogen-bond acceptors (Lipinski definition) is 4. The van der Waals surface area contributed by atoms with Crippen LogP contribution < -0.4 is 0 Å². The molecular formula is C20H25F5O4. The first-order valence-corrected chi connectivity index (χ1v) is 9.57. The van der Waals surface area contributed by atoms with Gasteiger partial charge in [-0.15, -0.1) is 0 Å².